The van der Waals surface area contributed by atoms with Gasteiger partial charge in [-0.15, -0.1) is 0 Å². The molecule has 0 spiro atoms. The third kappa shape index (κ3) is 1.99. The number of nitrogens with zero attached hydrogens (tertiary/aromatic N) is 1. The first-order chi connectivity index (χ1) is 9.69. The molecule has 1 N–H and O–H groups in total. The van der Waals surface area contributed by atoms with E-state index in [2.05, 4.69) is 4.98 Å². The number of methoxy groups -OCH3 is 1. The Morgan fingerprint density at radius 1 is 1.15 bits per heavy atom. The lowest BCUT2D eigenvalue weighted by atomic mass is 10.0. The van der Waals surface area contributed by atoms with E-state index < -0.39 is 0 Å². The number of rotatable bonds is 3. The quantitative estimate of drug-likeness (QED) is 0.581. The molecule has 100 valence electrons. The summed E-state index contributed by atoms with van der Waals surface area (Å²) in [5.41, 5.74) is 2.89. The van der Waals surface area contributed by atoms with E-state index in [4.69, 9.17) is 4.74 Å². The van der Waals surface area contributed by atoms with Crippen molar-refractivity contribution in [2.75, 3.05) is 7.11 Å². The number of H-pyrrole nitrogens is 1. The number of fused-ring (bicyclic) bond motifs is 1. The van der Waals surface area contributed by atoms with Crippen LogP contribution in [0.3, 0.4) is 0 Å². The maximum atomic E-state index is 10.9. The van der Waals surface area contributed by atoms with Gasteiger partial charge < -0.3 is 9.72 Å². The third-order valence-electron chi connectivity index (χ3n) is 3.28. The Morgan fingerprint density at radius 3 is 2.55 bits per heavy atom. The molecule has 20 heavy (non-hydrogen) atoms. The first kappa shape index (κ1) is 12.2. The number of hydrogen-bond acceptors (Lipinski definition) is 3. The Kier molecular flexibility index (Phi) is 2.87. The van der Waals surface area contributed by atoms with Crippen LogP contribution in [0.2, 0.25) is 0 Å². The van der Waals surface area contributed by atoms with E-state index in [0.29, 0.717) is 0 Å². The number of aromatic amines is 1. The minimum atomic E-state index is -0.385. The van der Waals surface area contributed by atoms with Crippen LogP contribution in [-0.2, 0) is 0 Å². The number of aromatic nitrogens is 1. The molecule has 5 nitrogen and oxygen atoms in total. The molecule has 1 aromatic heterocycles. The number of ether oxygens (including phenoxy) is 1. The Morgan fingerprint density at radius 2 is 1.90 bits per heavy atom. The van der Waals surface area contributed by atoms with Gasteiger partial charge in [0.25, 0.3) is 5.69 Å². The average molecular weight is 268 g/mol. The number of non-ortho nitro benzene ring substituents is 1. The highest BCUT2D eigenvalue weighted by atomic mass is 16.6. The molecule has 3 aromatic rings. The van der Waals surface area contributed by atoms with E-state index in [9.17, 15) is 10.1 Å². The molecule has 0 atom stereocenters. The van der Waals surface area contributed by atoms with Crippen LogP contribution >= 0.6 is 0 Å². The largest absolute Gasteiger partial charge is 0.497 e. The summed E-state index contributed by atoms with van der Waals surface area (Å²) in [6.45, 7) is 0. The molecule has 0 fully saturated rings. The van der Waals surface area contributed by atoms with Gasteiger partial charge in [-0.1, -0.05) is 12.1 Å². The smallest absolute Gasteiger partial charge is 0.270 e. The molecule has 0 amide bonds. The zero-order chi connectivity index (χ0) is 14.1. The molecule has 0 saturated carbocycles. The van der Waals surface area contributed by atoms with Crippen LogP contribution in [0.15, 0.2) is 48.7 Å². The minimum absolute atomic E-state index is 0.0897. The summed E-state index contributed by atoms with van der Waals surface area (Å²) >= 11 is 0. The lowest BCUT2D eigenvalue weighted by Crippen LogP contribution is -1.87. The number of hydrogen-bond donors (Lipinski definition) is 1. The molecule has 0 radical (unpaired) electrons. The lowest BCUT2D eigenvalue weighted by molar-refractivity contribution is -0.384. The number of nitrogens with one attached hydrogen (secondary N) is 1. The van der Waals surface area contributed by atoms with E-state index in [0.717, 1.165) is 27.8 Å². The van der Waals surface area contributed by atoms with Gasteiger partial charge in [-0.05, 0) is 23.8 Å². The summed E-state index contributed by atoms with van der Waals surface area (Å²) in [6.07, 6.45) is 1.86. The molecule has 0 unspecified atom stereocenters. The van der Waals surface area contributed by atoms with Crippen molar-refractivity contribution in [1.82, 2.24) is 4.98 Å². The highest BCUT2D eigenvalue weighted by molar-refractivity contribution is 5.96. The van der Waals surface area contributed by atoms with Gasteiger partial charge in [0, 0.05) is 34.8 Å². The van der Waals surface area contributed by atoms with Crippen molar-refractivity contribution in [2.45, 2.75) is 0 Å². The van der Waals surface area contributed by atoms with E-state index in [1.807, 2.05) is 30.5 Å². The lowest BCUT2D eigenvalue weighted by Gasteiger charge is -2.02. The van der Waals surface area contributed by atoms with E-state index in [1.54, 1.807) is 19.2 Å². The van der Waals surface area contributed by atoms with Crippen molar-refractivity contribution < 1.29 is 9.66 Å². The maximum Gasteiger partial charge on any atom is 0.270 e. The third-order valence-corrected chi connectivity index (χ3v) is 3.28. The second-order valence-corrected chi connectivity index (χ2v) is 4.42. The zero-order valence-corrected chi connectivity index (χ0v) is 10.8. The van der Waals surface area contributed by atoms with Gasteiger partial charge in [-0.2, -0.15) is 0 Å². The highest BCUT2D eigenvalue weighted by Gasteiger charge is 2.11. The minimum Gasteiger partial charge on any atom is -0.497 e. The number of nitro benzene ring substituents is 1. The van der Waals surface area contributed by atoms with Crippen molar-refractivity contribution in [3.05, 3.63) is 58.8 Å². The van der Waals surface area contributed by atoms with E-state index in [-0.39, 0.29) is 10.6 Å². The monoisotopic (exact) mass is 268 g/mol. The van der Waals surface area contributed by atoms with Gasteiger partial charge in [0.1, 0.15) is 5.75 Å². The van der Waals surface area contributed by atoms with Crippen LogP contribution in [0.4, 0.5) is 5.69 Å². The van der Waals surface area contributed by atoms with Crippen LogP contribution in [-0.4, -0.2) is 17.0 Å². The standard InChI is InChI=1S/C15H12N2O3/c1-20-12-5-2-10(3-6-12)14-9-16-15-7-4-11(17(18)19)8-13(14)15/h2-9,16H,1H3. The summed E-state index contributed by atoms with van der Waals surface area (Å²) in [5.74, 6) is 0.777. The van der Waals surface area contributed by atoms with Crippen LogP contribution in [0, 0.1) is 10.1 Å². The fourth-order valence-electron chi connectivity index (χ4n) is 2.23. The first-order valence-electron chi connectivity index (χ1n) is 6.09. The molecule has 1 heterocycles. The summed E-state index contributed by atoms with van der Waals surface area (Å²) in [7, 11) is 1.62. The van der Waals surface area contributed by atoms with E-state index >= 15 is 0 Å². The second kappa shape index (κ2) is 4.70. The van der Waals surface area contributed by atoms with Gasteiger partial charge in [0.15, 0.2) is 0 Å². The molecule has 0 aliphatic heterocycles. The van der Waals surface area contributed by atoms with Crippen LogP contribution < -0.4 is 4.74 Å². The second-order valence-electron chi connectivity index (χ2n) is 4.42. The fraction of sp³-hybridized carbons (Fsp3) is 0.0667. The molecular formula is C15H12N2O3. The predicted molar refractivity (Wildman–Crippen MR) is 76.9 cm³/mol. The van der Waals surface area contributed by atoms with Crippen molar-refractivity contribution in [1.29, 1.82) is 0 Å². The van der Waals surface area contributed by atoms with Crippen molar-refractivity contribution in [2.24, 2.45) is 0 Å². The summed E-state index contributed by atoms with van der Waals surface area (Å²) in [4.78, 5) is 13.6. The Labute approximate surface area is 115 Å². The van der Waals surface area contributed by atoms with Gasteiger partial charge in [0.05, 0.1) is 12.0 Å². The topological polar surface area (TPSA) is 68.2 Å². The molecular weight excluding hydrogens is 256 g/mol. The van der Waals surface area contributed by atoms with Gasteiger partial charge in [-0.3, -0.25) is 10.1 Å². The number of nitro groups is 1. The molecule has 5 heteroatoms. The molecule has 3 rings (SSSR count). The summed E-state index contributed by atoms with van der Waals surface area (Å²) < 4.78 is 5.13. The summed E-state index contributed by atoms with van der Waals surface area (Å²) in [6, 6.07) is 12.4. The van der Waals surface area contributed by atoms with Gasteiger partial charge >= 0.3 is 0 Å². The normalized spacial score (nSPS) is 10.7. The average Bonchev–Trinajstić information content (AvgIpc) is 2.90. The predicted octanol–water partition coefficient (Wildman–Crippen LogP) is 3.75. The molecule has 0 aliphatic carbocycles. The molecule has 2 aromatic carbocycles. The highest BCUT2D eigenvalue weighted by Crippen LogP contribution is 2.31. The van der Waals surface area contributed by atoms with Crippen molar-refractivity contribution in [3.8, 4) is 16.9 Å². The van der Waals surface area contributed by atoms with Crippen molar-refractivity contribution >= 4 is 16.6 Å². The van der Waals surface area contributed by atoms with Gasteiger partial charge in [-0.25, -0.2) is 0 Å². The van der Waals surface area contributed by atoms with Crippen LogP contribution in [0.5, 0.6) is 5.75 Å². The molecule has 0 aliphatic rings. The molecule has 0 bridgehead atoms. The van der Waals surface area contributed by atoms with Gasteiger partial charge in [0.2, 0.25) is 0 Å². The first-order valence-corrected chi connectivity index (χ1v) is 6.09. The van der Waals surface area contributed by atoms with Crippen LogP contribution in [0.1, 0.15) is 0 Å². The maximum absolute atomic E-state index is 10.9. The van der Waals surface area contributed by atoms with Crippen molar-refractivity contribution in [3.63, 3.8) is 0 Å². The summed E-state index contributed by atoms with van der Waals surface area (Å²) in [5, 5.41) is 11.7. The van der Waals surface area contributed by atoms with Crippen LogP contribution in [0.25, 0.3) is 22.0 Å². The Hall–Kier alpha value is -2.82. The Bertz CT molecular complexity index is 775. The van der Waals surface area contributed by atoms with E-state index in [1.165, 1.54) is 6.07 Å². The fourth-order valence-corrected chi connectivity index (χ4v) is 2.23. The molecule has 0 saturated heterocycles. The zero-order valence-electron chi connectivity index (χ0n) is 10.8. The number of benzene rings is 2. The Balaban J connectivity index is 2.14. The SMILES string of the molecule is COc1ccc(-c2c[nH]c3ccc([N+](=O)[O-])cc23)cc1.